The number of nitrogens with two attached hydrogens (primary N) is 1. The third-order valence-corrected chi connectivity index (χ3v) is 2.59. The largest absolute Gasteiger partial charge is 0.389 e. The van der Waals surface area contributed by atoms with Crippen LogP contribution in [-0.2, 0) is 0 Å². The Bertz CT molecular complexity index is 482. The van der Waals surface area contributed by atoms with Crippen molar-refractivity contribution >= 4 is 10.9 Å². The Labute approximate surface area is 93.4 Å². The number of pyridine rings is 1. The van der Waals surface area contributed by atoms with Gasteiger partial charge in [-0.1, -0.05) is 24.3 Å². The lowest BCUT2D eigenvalue weighted by Crippen LogP contribution is -2.27. The van der Waals surface area contributed by atoms with Crippen LogP contribution < -0.4 is 5.73 Å². The Balaban J connectivity index is 2.52. The molecule has 0 saturated carbocycles. The van der Waals surface area contributed by atoms with Crippen LogP contribution in [0.25, 0.3) is 10.9 Å². The van der Waals surface area contributed by atoms with Crippen molar-refractivity contribution < 1.29 is 10.2 Å². The van der Waals surface area contributed by atoms with E-state index in [-0.39, 0.29) is 6.54 Å². The van der Waals surface area contributed by atoms with Crippen LogP contribution >= 0.6 is 0 Å². The normalized spacial score (nSPS) is 14.9. The van der Waals surface area contributed by atoms with Crippen molar-refractivity contribution in [3.8, 4) is 0 Å². The van der Waals surface area contributed by atoms with E-state index in [1.165, 1.54) is 0 Å². The van der Waals surface area contributed by atoms with Crippen molar-refractivity contribution in [3.63, 3.8) is 0 Å². The van der Waals surface area contributed by atoms with Crippen molar-refractivity contribution in [1.82, 2.24) is 4.98 Å². The second-order valence-corrected chi connectivity index (χ2v) is 3.67. The molecule has 2 unspecified atom stereocenters. The molecule has 0 aliphatic heterocycles. The van der Waals surface area contributed by atoms with Crippen LogP contribution in [0.15, 0.2) is 36.5 Å². The highest BCUT2D eigenvalue weighted by molar-refractivity contribution is 5.81. The van der Waals surface area contributed by atoms with E-state index in [2.05, 4.69) is 4.98 Å². The molecular formula is C12H14N2O2. The van der Waals surface area contributed by atoms with Crippen molar-refractivity contribution in [2.75, 3.05) is 6.54 Å². The first kappa shape index (κ1) is 11.0. The summed E-state index contributed by atoms with van der Waals surface area (Å²) in [6, 6.07) is 9.23. The summed E-state index contributed by atoms with van der Waals surface area (Å²) in [5, 5.41) is 20.4. The summed E-state index contributed by atoms with van der Waals surface area (Å²) in [4.78, 5) is 4.21. The van der Waals surface area contributed by atoms with Crippen LogP contribution in [0.3, 0.4) is 0 Å². The minimum Gasteiger partial charge on any atom is -0.389 e. The maximum Gasteiger partial charge on any atom is 0.108 e. The molecule has 0 radical (unpaired) electrons. The zero-order valence-electron chi connectivity index (χ0n) is 8.74. The zero-order valence-corrected chi connectivity index (χ0v) is 8.74. The topological polar surface area (TPSA) is 79.4 Å². The SMILES string of the molecule is NCC(O)C(O)c1cccc2cccnc12. The second-order valence-electron chi connectivity index (χ2n) is 3.67. The van der Waals surface area contributed by atoms with Crippen LogP contribution in [0.1, 0.15) is 11.7 Å². The molecule has 0 amide bonds. The van der Waals surface area contributed by atoms with E-state index in [0.29, 0.717) is 11.1 Å². The molecule has 0 spiro atoms. The summed E-state index contributed by atoms with van der Waals surface area (Å²) in [5.41, 5.74) is 6.63. The number of aromatic nitrogens is 1. The Hall–Kier alpha value is -1.49. The fourth-order valence-corrected chi connectivity index (χ4v) is 1.70. The highest BCUT2D eigenvalue weighted by atomic mass is 16.3. The van der Waals surface area contributed by atoms with Gasteiger partial charge in [0.1, 0.15) is 6.10 Å². The molecule has 16 heavy (non-hydrogen) atoms. The van der Waals surface area contributed by atoms with Crippen LogP contribution in [0.4, 0.5) is 0 Å². The number of benzene rings is 1. The summed E-state index contributed by atoms with van der Waals surface area (Å²) >= 11 is 0. The molecule has 0 aliphatic carbocycles. The van der Waals surface area contributed by atoms with E-state index in [1.807, 2.05) is 24.3 Å². The van der Waals surface area contributed by atoms with Gasteiger partial charge in [0.25, 0.3) is 0 Å². The number of fused-ring (bicyclic) bond motifs is 1. The summed E-state index contributed by atoms with van der Waals surface area (Å²) in [7, 11) is 0. The summed E-state index contributed by atoms with van der Waals surface area (Å²) in [6.07, 6.45) is -0.302. The van der Waals surface area contributed by atoms with Crippen molar-refractivity contribution in [2.45, 2.75) is 12.2 Å². The highest BCUT2D eigenvalue weighted by Crippen LogP contribution is 2.24. The van der Waals surface area contributed by atoms with Crippen LogP contribution in [-0.4, -0.2) is 27.8 Å². The minimum atomic E-state index is -0.997. The van der Waals surface area contributed by atoms with Crippen LogP contribution in [0.5, 0.6) is 0 Å². The molecule has 84 valence electrons. The highest BCUT2D eigenvalue weighted by Gasteiger charge is 2.19. The summed E-state index contributed by atoms with van der Waals surface area (Å²) < 4.78 is 0. The Morgan fingerprint density at radius 2 is 1.94 bits per heavy atom. The lowest BCUT2D eigenvalue weighted by molar-refractivity contribution is 0.0251. The lowest BCUT2D eigenvalue weighted by atomic mass is 10.0. The van der Waals surface area contributed by atoms with Crippen molar-refractivity contribution in [2.24, 2.45) is 5.73 Å². The van der Waals surface area contributed by atoms with E-state index in [9.17, 15) is 10.2 Å². The van der Waals surface area contributed by atoms with Gasteiger partial charge in [0.15, 0.2) is 0 Å². The molecule has 2 aromatic rings. The number of nitrogens with zero attached hydrogens (tertiary/aromatic N) is 1. The molecule has 2 atom stereocenters. The molecule has 0 bridgehead atoms. The Kier molecular flexibility index (Phi) is 3.14. The van der Waals surface area contributed by atoms with E-state index in [4.69, 9.17) is 5.73 Å². The predicted molar refractivity (Wildman–Crippen MR) is 61.8 cm³/mol. The van der Waals surface area contributed by atoms with Gasteiger partial charge in [0.2, 0.25) is 0 Å². The molecular weight excluding hydrogens is 204 g/mol. The van der Waals surface area contributed by atoms with E-state index in [1.54, 1.807) is 12.3 Å². The quantitative estimate of drug-likeness (QED) is 0.704. The number of aliphatic hydroxyl groups excluding tert-OH is 2. The molecule has 1 aromatic carbocycles. The molecule has 1 aromatic heterocycles. The Morgan fingerprint density at radius 1 is 1.19 bits per heavy atom. The third kappa shape index (κ3) is 1.90. The number of aliphatic hydroxyl groups is 2. The monoisotopic (exact) mass is 218 g/mol. The molecule has 0 saturated heterocycles. The van der Waals surface area contributed by atoms with Gasteiger partial charge in [0.05, 0.1) is 11.6 Å². The summed E-state index contributed by atoms with van der Waals surface area (Å²) in [5.74, 6) is 0. The smallest absolute Gasteiger partial charge is 0.108 e. The van der Waals surface area contributed by atoms with E-state index < -0.39 is 12.2 Å². The maximum atomic E-state index is 9.92. The standard InChI is InChI=1S/C12H14N2O2/c13-7-10(15)12(16)9-5-1-3-8-4-2-6-14-11(8)9/h1-6,10,12,15-16H,7,13H2. The first-order chi connectivity index (χ1) is 7.74. The Morgan fingerprint density at radius 3 is 2.69 bits per heavy atom. The van der Waals surface area contributed by atoms with Gasteiger partial charge in [-0.15, -0.1) is 0 Å². The number of rotatable bonds is 3. The van der Waals surface area contributed by atoms with Gasteiger partial charge in [-0.2, -0.15) is 0 Å². The molecule has 4 heteroatoms. The van der Waals surface area contributed by atoms with Gasteiger partial charge in [-0.25, -0.2) is 0 Å². The molecule has 1 heterocycles. The maximum absolute atomic E-state index is 9.92. The number of hydrogen-bond donors (Lipinski definition) is 3. The third-order valence-electron chi connectivity index (χ3n) is 2.59. The molecule has 0 fully saturated rings. The first-order valence-corrected chi connectivity index (χ1v) is 5.14. The minimum absolute atomic E-state index is 0.0182. The van der Waals surface area contributed by atoms with Crippen LogP contribution in [0.2, 0.25) is 0 Å². The average Bonchev–Trinajstić information content (AvgIpc) is 2.36. The molecule has 2 rings (SSSR count). The average molecular weight is 218 g/mol. The van der Waals surface area contributed by atoms with Crippen LogP contribution in [0, 0.1) is 0 Å². The molecule has 4 nitrogen and oxygen atoms in total. The van der Waals surface area contributed by atoms with Gasteiger partial charge < -0.3 is 15.9 Å². The van der Waals surface area contributed by atoms with Gasteiger partial charge in [0, 0.05) is 23.7 Å². The van der Waals surface area contributed by atoms with Gasteiger partial charge in [-0.05, 0) is 6.07 Å². The summed E-state index contributed by atoms with van der Waals surface area (Å²) in [6.45, 7) is 0.0182. The number of hydrogen-bond acceptors (Lipinski definition) is 4. The molecule has 4 N–H and O–H groups in total. The second kappa shape index (κ2) is 4.57. The first-order valence-electron chi connectivity index (χ1n) is 5.14. The zero-order chi connectivity index (χ0) is 11.5. The van der Waals surface area contributed by atoms with Gasteiger partial charge in [-0.3, -0.25) is 4.98 Å². The van der Waals surface area contributed by atoms with E-state index >= 15 is 0 Å². The van der Waals surface area contributed by atoms with Crippen molar-refractivity contribution in [1.29, 1.82) is 0 Å². The lowest BCUT2D eigenvalue weighted by Gasteiger charge is -2.17. The fourth-order valence-electron chi connectivity index (χ4n) is 1.70. The van der Waals surface area contributed by atoms with E-state index in [0.717, 1.165) is 5.39 Å². The van der Waals surface area contributed by atoms with Gasteiger partial charge >= 0.3 is 0 Å². The van der Waals surface area contributed by atoms with Crippen molar-refractivity contribution in [3.05, 3.63) is 42.1 Å². The fraction of sp³-hybridized carbons (Fsp3) is 0.250. The molecule has 0 aliphatic rings. The number of para-hydroxylation sites is 1. The predicted octanol–water partition coefficient (Wildman–Crippen LogP) is 0.588.